The Hall–Kier alpha value is -1.24. The Kier molecular flexibility index (Phi) is 5.50. The summed E-state index contributed by atoms with van der Waals surface area (Å²) < 4.78 is 0. The predicted octanol–water partition coefficient (Wildman–Crippen LogP) is 2.30. The number of unbranched alkanes of at least 4 members (excludes halogenated alkanes) is 1. The van der Waals surface area contributed by atoms with E-state index in [1.165, 1.54) is 0 Å². The summed E-state index contributed by atoms with van der Waals surface area (Å²) in [7, 11) is 0. The van der Waals surface area contributed by atoms with Crippen molar-refractivity contribution in [1.29, 1.82) is 0 Å². The Morgan fingerprint density at radius 3 is 3.00 bits per heavy atom. The second-order valence-electron chi connectivity index (χ2n) is 4.08. The Morgan fingerprint density at radius 2 is 2.26 bits per heavy atom. The minimum Gasteiger partial charge on any atom is -0.396 e. The second-order valence-corrected chi connectivity index (χ2v) is 5.88. The number of hydrogen-bond acceptors (Lipinski definition) is 5. The van der Waals surface area contributed by atoms with E-state index < -0.39 is 0 Å². The van der Waals surface area contributed by atoms with Crippen LogP contribution >= 0.6 is 22.7 Å². The van der Waals surface area contributed by atoms with Gasteiger partial charge in [-0.1, -0.05) is 6.07 Å². The van der Waals surface area contributed by atoms with Crippen molar-refractivity contribution in [2.24, 2.45) is 0 Å². The molecule has 0 unspecified atom stereocenters. The highest BCUT2D eigenvalue weighted by Crippen LogP contribution is 2.27. The lowest BCUT2D eigenvalue weighted by Crippen LogP contribution is -2.26. The van der Waals surface area contributed by atoms with Crippen LogP contribution < -0.4 is 5.32 Å². The van der Waals surface area contributed by atoms with Gasteiger partial charge in [-0.25, -0.2) is 4.98 Å². The first kappa shape index (κ1) is 14.2. The average molecular weight is 296 g/mol. The summed E-state index contributed by atoms with van der Waals surface area (Å²) in [6.07, 6.45) is 1.85. The zero-order chi connectivity index (χ0) is 13.5. The third-order valence-corrected chi connectivity index (χ3v) is 4.46. The maximum absolute atomic E-state index is 11.7. The molecule has 0 bridgehead atoms. The van der Waals surface area contributed by atoms with Crippen molar-refractivity contribution < 1.29 is 9.90 Å². The summed E-state index contributed by atoms with van der Waals surface area (Å²) in [6, 6.07) is 4.02. The molecule has 19 heavy (non-hydrogen) atoms. The highest BCUT2D eigenvalue weighted by molar-refractivity contribution is 7.20. The number of carbonyl (C=O) groups is 1. The number of rotatable bonds is 7. The normalized spacial score (nSPS) is 10.6. The van der Waals surface area contributed by atoms with E-state index in [2.05, 4.69) is 10.3 Å². The van der Waals surface area contributed by atoms with Crippen LogP contribution in [0.5, 0.6) is 0 Å². The molecule has 0 atom stereocenters. The first-order valence-electron chi connectivity index (χ1n) is 6.15. The molecule has 2 heterocycles. The summed E-state index contributed by atoms with van der Waals surface area (Å²) in [4.78, 5) is 17.3. The number of aromatic nitrogens is 1. The molecule has 2 N–H and O–H groups in total. The van der Waals surface area contributed by atoms with E-state index in [0.29, 0.717) is 13.0 Å². The molecule has 4 nitrogen and oxygen atoms in total. The predicted molar refractivity (Wildman–Crippen MR) is 78.5 cm³/mol. The molecule has 0 saturated heterocycles. The van der Waals surface area contributed by atoms with E-state index in [-0.39, 0.29) is 12.5 Å². The molecule has 0 fully saturated rings. The number of nitrogens with zero attached hydrogens (tertiary/aromatic N) is 1. The fourth-order valence-electron chi connectivity index (χ4n) is 1.59. The molecule has 102 valence electrons. The fraction of sp³-hybridized carbons (Fsp3) is 0.385. The molecule has 0 radical (unpaired) electrons. The van der Waals surface area contributed by atoms with Gasteiger partial charge in [0.05, 0.1) is 17.0 Å². The van der Waals surface area contributed by atoms with E-state index >= 15 is 0 Å². The summed E-state index contributed by atoms with van der Waals surface area (Å²) in [5.41, 5.74) is 0.813. The van der Waals surface area contributed by atoms with Crippen molar-refractivity contribution in [2.45, 2.75) is 19.3 Å². The van der Waals surface area contributed by atoms with Gasteiger partial charge in [-0.05, 0) is 24.3 Å². The number of carbonyl (C=O) groups excluding carboxylic acids is 1. The van der Waals surface area contributed by atoms with Crippen molar-refractivity contribution in [3.63, 3.8) is 0 Å². The molecule has 0 aliphatic rings. The van der Waals surface area contributed by atoms with Crippen molar-refractivity contribution in [1.82, 2.24) is 10.3 Å². The molecule has 2 rings (SSSR count). The minimum absolute atomic E-state index is 0.0130. The van der Waals surface area contributed by atoms with Crippen LogP contribution in [-0.4, -0.2) is 29.1 Å². The van der Waals surface area contributed by atoms with Gasteiger partial charge in [-0.3, -0.25) is 4.79 Å². The van der Waals surface area contributed by atoms with Crippen LogP contribution in [0, 0.1) is 0 Å². The number of hydrogen-bond donors (Lipinski definition) is 2. The van der Waals surface area contributed by atoms with Crippen molar-refractivity contribution in [3.05, 3.63) is 28.6 Å². The number of aliphatic hydroxyl groups excluding tert-OH is 1. The molecule has 0 aliphatic carbocycles. The average Bonchev–Trinajstić information content (AvgIpc) is 3.04. The van der Waals surface area contributed by atoms with Gasteiger partial charge in [0.1, 0.15) is 5.01 Å². The number of aliphatic hydroxyl groups is 1. The monoisotopic (exact) mass is 296 g/mol. The van der Waals surface area contributed by atoms with Gasteiger partial charge in [-0.2, -0.15) is 0 Å². The number of nitrogens with one attached hydrogen (secondary N) is 1. The fourth-order valence-corrected chi connectivity index (χ4v) is 3.23. The van der Waals surface area contributed by atoms with Crippen LogP contribution in [0.3, 0.4) is 0 Å². The summed E-state index contributed by atoms with van der Waals surface area (Å²) in [6.45, 7) is 0.785. The van der Waals surface area contributed by atoms with Crippen LogP contribution in [0.1, 0.15) is 18.5 Å². The number of amides is 1. The van der Waals surface area contributed by atoms with Gasteiger partial charge in [0.2, 0.25) is 5.91 Å². The molecule has 0 aromatic carbocycles. The van der Waals surface area contributed by atoms with E-state index in [4.69, 9.17) is 5.11 Å². The zero-order valence-corrected chi connectivity index (χ0v) is 12.1. The van der Waals surface area contributed by atoms with Gasteiger partial charge in [0.25, 0.3) is 0 Å². The van der Waals surface area contributed by atoms with E-state index in [9.17, 15) is 4.79 Å². The molecule has 6 heteroatoms. The Morgan fingerprint density at radius 1 is 1.37 bits per heavy atom. The maximum Gasteiger partial charge on any atom is 0.226 e. The summed E-state index contributed by atoms with van der Waals surface area (Å²) >= 11 is 3.22. The van der Waals surface area contributed by atoms with Crippen molar-refractivity contribution in [3.8, 4) is 9.88 Å². The second kappa shape index (κ2) is 7.37. The largest absolute Gasteiger partial charge is 0.396 e. The lowest BCUT2D eigenvalue weighted by molar-refractivity contribution is -0.120. The van der Waals surface area contributed by atoms with Crippen LogP contribution in [0.2, 0.25) is 0 Å². The first-order valence-corrected chi connectivity index (χ1v) is 7.91. The zero-order valence-electron chi connectivity index (χ0n) is 10.5. The lowest BCUT2D eigenvalue weighted by atomic mass is 10.3. The van der Waals surface area contributed by atoms with Gasteiger partial charge in [-0.15, -0.1) is 22.7 Å². The van der Waals surface area contributed by atoms with E-state index in [0.717, 1.165) is 28.4 Å². The Balaban J connectivity index is 1.81. The topological polar surface area (TPSA) is 62.2 Å². The van der Waals surface area contributed by atoms with Crippen LogP contribution in [0.25, 0.3) is 9.88 Å². The molecular weight excluding hydrogens is 280 g/mol. The SMILES string of the molecule is O=C(Cc1csc(-c2cccs2)n1)NCCCCO. The van der Waals surface area contributed by atoms with Crippen LogP contribution in [-0.2, 0) is 11.2 Å². The van der Waals surface area contributed by atoms with Crippen LogP contribution in [0.4, 0.5) is 0 Å². The first-order chi connectivity index (χ1) is 9.29. The van der Waals surface area contributed by atoms with Gasteiger partial charge < -0.3 is 10.4 Å². The van der Waals surface area contributed by atoms with E-state index in [1.807, 2.05) is 22.9 Å². The van der Waals surface area contributed by atoms with Crippen molar-refractivity contribution >= 4 is 28.6 Å². The Bertz CT molecular complexity index is 508. The minimum atomic E-state index is -0.0130. The molecule has 2 aromatic rings. The smallest absolute Gasteiger partial charge is 0.226 e. The lowest BCUT2D eigenvalue weighted by Gasteiger charge is -2.02. The summed E-state index contributed by atoms with van der Waals surface area (Å²) in [5, 5.41) is 16.4. The molecule has 2 aromatic heterocycles. The molecule has 0 saturated carbocycles. The number of thiazole rings is 1. The maximum atomic E-state index is 11.7. The highest BCUT2D eigenvalue weighted by Gasteiger charge is 2.09. The van der Waals surface area contributed by atoms with E-state index in [1.54, 1.807) is 22.7 Å². The third kappa shape index (κ3) is 4.41. The molecule has 0 aliphatic heterocycles. The highest BCUT2D eigenvalue weighted by atomic mass is 32.1. The molecular formula is C13H16N2O2S2. The van der Waals surface area contributed by atoms with Gasteiger partial charge in [0, 0.05) is 18.5 Å². The van der Waals surface area contributed by atoms with Crippen LogP contribution in [0.15, 0.2) is 22.9 Å². The quantitative estimate of drug-likeness (QED) is 0.771. The van der Waals surface area contributed by atoms with Crippen molar-refractivity contribution in [2.75, 3.05) is 13.2 Å². The standard InChI is InChI=1S/C13H16N2O2S2/c16-6-2-1-5-14-12(17)8-10-9-19-13(15-10)11-4-3-7-18-11/h3-4,7,9,16H,1-2,5-6,8H2,(H,14,17). The third-order valence-electron chi connectivity index (χ3n) is 2.53. The Labute approximate surface area is 120 Å². The van der Waals surface area contributed by atoms with Gasteiger partial charge >= 0.3 is 0 Å². The molecule has 0 spiro atoms. The van der Waals surface area contributed by atoms with Gasteiger partial charge in [0.15, 0.2) is 0 Å². The number of thiophene rings is 1. The summed E-state index contributed by atoms with van der Waals surface area (Å²) in [5.74, 6) is -0.0130. The molecule has 1 amide bonds.